The average molecular weight is 355 g/mol. The van der Waals surface area contributed by atoms with Crippen molar-refractivity contribution in [3.63, 3.8) is 0 Å². The number of amides is 1. The zero-order valence-electron chi connectivity index (χ0n) is 16.3. The number of aromatic nitrogens is 2. The van der Waals surface area contributed by atoms with Crippen molar-refractivity contribution in [2.75, 3.05) is 0 Å². The van der Waals surface area contributed by atoms with Crippen LogP contribution in [0.4, 0.5) is 0 Å². The molecule has 2 heterocycles. The van der Waals surface area contributed by atoms with Crippen LogP contribution in [0, 0.1) is 0 Å². The van der Waals surface area contributed by atoms with Gasteiger partial charge in [-0.15, -0.1) is 0 Å². The Morgan fingerprint density at radius 2 is 1.81 bits per heavy atom. The molecule has 0 aliphatic carbocycles. The molecule has 2 aromatic rings. The Hall–Kier alpha value is -2.69. The lowest BCUT2D eigenvalue weighted by atomic mass is 10.2. The fourth-order valence-electron chi connectivity index (χ4n) is 2.19. The second-order valence-electron chi connectivity index (χ2n) is 5.63. The molecule has 0 saturated carbocycles. The highest BCUT2D eigenvalue weighted by molar-refractivity contribution is 5.73. The van der Waals surface area contributed by atoms with Gasteiger partial charge in [-0.25, -0.2) is 9.97 Å². The fraction of sp³-hybridized carbons (Fsp3) is 0.381. The van der Waals surface area contributed by atoms with Gasteiger partial charge in [-0.1, -0.05) is 45.4 Å². The van der Waals surface area contributed by atoms with Gasteiger partial charge < -0.3 is 10.1 Å². The number of aryl methyl sites for hydroxylation is 1. The smallest absolute Gasteiger partial charge is 0.221 e. The summed E-state index contributed by atoms with van der Waals surface area (Å²) in [6.07, 6.45) is 9.49. The highest BCUT2D eigenvalue weighted by Crippen LogP contribution is 2.18. The minimum atomic E-state index is -0.0496. The molecule has 0 spiro atoms. The van der Waals surface area contributed by atoms with Crippen molar-refractivity contribution >= 4 is 12.0 Å². The third-order valence-electron chi connectivity index (χ3n) is 3.31. The lowest BCUT2D eigenvalue weighted by molar-refractivity contribution is -0.119. The normalized spacial score (nSPS) is 11.4. The Balaban J connectivity index is 0.00000163. The maximum Gasteiger partial charge on any atom is 0.221 e. The van der Waals surface area contributed by atoms with E-state index >= 15 is 0 Å². The second-order valence-corrected chi connectivity index (χ2v) is 5.63. The molecule has 2 aromatic heterocycles. The Kier molecular flexibility index (Phi) is 9.69. The first kappa shape index (κ1) is 21.4. The van der Waals surface area contributed by atoms with E-state index in [2.05, 4.69) is 22.2 Å². The highest BCUT2D eigenvalue weighted by atomic mass is 16.5. The first-order chi connectivity index (χ1) is 12.6. The molecule has 1 amide bonds. The average Bonchev–Trinajstić information content (AvgIpc) is 2.64. The van der Waals surface area contributed by atoms with E-state index in [4.69, 9.17) is 4.74 Å². The molecule has 0 radical (unpaired) electrons. The summed E-state index contributed by atoms with van der Waals surface area (Å²) in [5, 5.41) is 2.79. The number of nitrogens with one attached hydrogen (secondary N) is 1. The Bertz CT molecular complexity index is 679. The minimum absolute atomic E-state index is 0.0238. The number of ether oxygens (including phenoxy) is 1. The van der Waals surface area contributed by atoms with Crippen LogP contribution in [0.1, 0.15) is 52.2 Å². The zero-order valence-corrected chi connectivity index (χ0v) is 16.3. The van der Waals surface area contributed by atoms with E-state index < -0.39 is 0 Å². The maximum absolute atomic E-state index is 11.0. The number of carbonyl (C=O) groups is 1. The molecule has 0 aliphatic heterocycles. The molecule has 2 rings (SSSR count). The van der Waals surface area contributed by atoms with Crippen molar-refractivity contribution in [3.8, 4) is 11.8 Å². The van der Waals surface area contributed by atoms with Crippen LogP contribution in [0.15, 0.2) is 42.7 Å². The molecule has 0 saturated heterocycles. The quantitative estimate of drug-likeness (QED) is 0.776. The number of hydrogen-bond donors (Lipinski definition) is 1. The van der Waals surface area contributed by atoms with Gasteiger partial charge in [0, 0.05) is 37.5 Å². The Labute approximate surface area is 156 Å². The van der Waals surface area contributed by atoms with Crippen molar-refractivity contribution in [3.05, 3.63) is 53.9 Å². The maximum atomic E-state index is 11.0. The van der Waals surface area contributed by atoms with Crippen LogP contribution < -0.4 is 10.1 Å². The Morgan fingerprint density at radius 3 is 2.31 bits per heavy atom. The summed E-state index contributed by atoms with van der Waals surface area (Å²) < 4.78 is 5.64. The van der Waals surface area contributed by atoms with Gasteiger partial charge in [0.15, 0.2) is 0 Å². The van der Waals surface area contributed by atoms with E-state index in [1.54, 1.807) is 12.3 Å². The van der Waals surface area contributed by atoms with Gasteiger partial charge in [-0.2, -0.15) is 0 Å². The summed E-state index contributed by atoms with van der Waals surface area (Å²) >= 11 is 0. The monoisotopic (exact) mass is 355 g/mol. The van der Waals surface area contributed by atoms with Crippen molar-refractivity contribution < 1.29 is 9.53 Å². The van der Waals surface area contributed by atoms with Crippen LogP contribution in [-0.2, 0) is 11.2 Å². The van der Waals surface area contributed by atoms with E-state index in [1.165, 1.54) is 12.5 Å². The number of pyridine rings is 2. The summed E-state index contributed by atoms with van der Waals surface area (Å²) in [5.41, 5.74) is 2.14. The van der Waals surface area contributed by atoms with Gasteiger partial charge in [0.05, 0.1) is 0 Å². The van der Waals surface area contributed by atoms with Crippen LogP contribution in [0.3, 0.4) is 0 Å². The van der Waals surface area contributed by atoms with Crippen LogP contribution in [0.2, 0.25) is 0 Å². The first-order valence-electron chi connectivity index (χ1n) is 9.11. The largest absolute Gasteiger partial charge is 0.421 e. The van der Waals surface area contributed by atoms with Crippen LogP contribution >= 0.6 is 0 Å². The van der Waals surface area contributed by atoms with Gasteiger partial charge in [0.1, 0.15) is 0 Å². The number of carbonyl (C=O) groups excluding carboxylic acids is 1. The summed E-state index contributed by atoms with van der Waals surface area (Å²) in [4.78, 5) is 19.5. The summed E-state index contributed by atoms with van der Waals surface area (Å²) in [6.45, 7) is 9.55. The molecule has 5 heteroatoms. The second kappa shape index (κ2) is 11.8. The van der Waals surface area contributed by atoms with Gasteiger partial charge in [-0.05, 0) is 30.5 Å². The number of hydrogen-bond acceptors (Lipinski definition) is 4. The van der Waals surface area contributed by atoms with Gasteiger partial charge in [0.2, 0.25) is 17.7 Å². The van der Waals surface area contributed by atoms with Crippen molar-refractivity contribution in [1.82, 2.24) is 15.3 Å². The third kappa shape index (κ3) is 7.92. The molecule has 140 valence electrons. The standard InChI is InChI=1S/C19H23N3O2.C2H6/c1-4-5-16-8-10-18(20-12-16)24-19-11-9-17(13-21-19)7-6-14(2)22-15(3)23;1-2/h6-14H,4-5H2,1-3H3,(H,22,23);1-2H3/b7-6+;/t14-;/m0./s1. The molecule has 0 bridgehead atoms. The van der Waals surface area contributed by atoms with E-state index in [-0.39, 0.29) is 11.9 Å². The summed E-state index contributed by atoms with van der Waals surface area (Å²) in [7, 11) is 0. The molecule has 0 fully saturated rings. The number of nitrogens with zero attached hydrogens (tertiary/aromatic N) is 2. The van der Waals surface area contributed by atoms with Gasteiger partial charge >= 0.3 is 0 Å². The highest BCUT2D eigenvalue weighted by Gasteiger charge is 2.01. The molecule has 0 aliphatic rings. The topological polar surface area (TPSA) is 64.1 Å². The molecular weight excluding hydrogens is 326 g/mol. The van der Waals surface area contributed by atoms with Crippen LogP contribution in [0.5, 0.6) is 11.8 Å². The zero-order chi connectivity index (χ0) is 19.4. The Morgan fingerprint density at radius 1 is 1.15 bits per heavy atom. The van der Waals surface area contributed by atoms with Crippen LogP contribution in [-0.4, -0.2) is 21.9 Å². The lowest BCUT2D eigenvalue weighted by Gasteiger charge is -2.07. The molecule has 1 atom stereocenters. The predicted octanol–water partition coefficient (Wildman–Crippen LogP) is 4.79. The molecule has 26 heavy (non-hydrogen) atoms. The summed E-state index contributed by atoms with van der Waals surface area (Å²) in [6, 6.07) is 7.56. The lowest BCUT2D eigenvalue weighted by Crippen LogP contribution is -2.28. The minimum Gasteiger partial charge on any atom is -0.421 e. The van der Waals surface area contributed by atoms with Crippen molar-refractivity contribution in [2.45, 2.75) is 53.5 Å². The molecule has 0 unspecified atom stereocenters. The van der Waals surface area contributed by atoms with E-state index in [0.717, 1.165) is 18.4 Å². The van der Waals surface area contributed by atoms with Crippen molar-refractivity contribution in [1.29, 1.82) is 0 Å². The molecule has 5 nitrogen and oxygen atoms in total. The number of rotatable bonds is 7. The SMILES string of the molecule is CC.CCCc1ccc(Oc2ccc(/C=C/[C@H](C)NC(C)=O)cn2)nc1. The van der Waals surface area contributed by atoms with Crippen LogP contribution in [0.25, 0.3) is 6.08 Å². The van der Waals surface area contributed by atoms with E-state index in [9.17, 15) is 4.79 Å². The van der Waals surface area contributed by atoms with Gasteiger partial charge in [0.25, 0.3) is 0 Å². The van der Waals surface area contributed by atoms with E-state index in [0.29, 0.717) is 11.8 Å². The summed E-state index contributed by atoms with van der Waals surface area (Å²) in [5.74, 6) is 0.981. The first-order valence-corrected chi connectivity index (χ1v) is 9.11. The van der Waals surface area contributed by atoms with E-state index in [1.807, 2.05) is 57.3 Å². The molecular formula is C21H29N3O2. The fourth-order valence-corrected chi connectivity index (χ4v) is 2.19. The molecule has 1 N–H and O–H groups in total. The third-order valence-corrected chi connectivity index (χ3v) is 3.31. The molecule has 0 aromatic carbocycles. The predicted molar refractivity (Wildman–Crippen MR) is 106 cm³/mol. The van der Waals surface area contributed by atoms with Crippen molar-refractivity contribution in [2.24, 2.45) is 0 Å². The van der Waals surface area contributed by atoms with Gasteiger partial charge in [-0.3, -0.25) is 4.79 Å².